The van der Waals surface area contributed by atoms with Gasteiger partial charge in [-0.15, -0.1) is 11.3 Å². The van der Waals surface area contributed by atoms with Gasteiger partial charge in [-0.2, -0.15) is 0 Å². The number of fused-ring (bicyclic) bond motifs is 1. The summed E-state index contributed by atoms with van der Waals surface area (Å²) in [4.78, 5) is 12.1. The smallest absolute Gasteiger partial charge is 0.194 e. The van der Waals surface area contributed by atoms with E-state index in [0.29, 0.717) is 6.54 Å². The molecule has 0 spiro atoms. The van der Waals surface area contributed by atoms with Crippen molar-refractivity contribution in [2.75, 3.05) is 14.1 Å². The lowest BCUT2D eigenvalue weighted by atomic mass is 10.2. The van der Waals surface area contributed by atoms with Crippen LogP contribution >= 0.6 is 11.3 Å². The van der Waals surface area contributed by atoms with E-state index in [0.717, 1.165) is 39.9 Å². The number of guanidine groups is 1. The van der Waals surface area contributed by atoms with Gasteiger partial charge in [0.25, 0.3) is 0 Å². The second kappa shape index (κ2) is 7.05. The van der Waals surface area contributed by atoms with Crippen molar-refractivity contribution in [1.29, 1.82) is 0 Å². The summed E-state index contributed by atoms with van der Waals surface area (Å²) in [5.41, 5.74) is 2.00. The van der Waals surface area contributed by atoms with E-state index >= 15 is 0 Å². The maximum absolute atomic E-state index is 5.89. The number of hydrogen-bond donors (Lipinski definition) is 1. The molecule has 0 saturated carbocycles. The van der Waals surface area contributed by atoms with Crippen LogP contribution in [0.4, 0.5) is 0 Å². The highest BCUT2D eigenvalue weighted by Gasteiger charge is 2.12. The normalized spacial score (nSPS) is 11.9. The minimum absolute atomic E-state index is 0.662. The molecule has 0 aliphatic rings. The van der Waals surface area contributed by atoms with Crippen LogP contribution in [0, 0.1) is 13.8 Å². The number of hydrogen-bond acceptors (Lipinski definition) is 4. The van der Waals surface area contributed by atoms with Gasteiger partial charge in [-0.3, -0.25) is 4.99 Å². The van der Waals surface area contributed by atoms with Crippen molar-refractivity contribution in [3.05, 3.63) is 51.7 Å². The summed E-state index contributed by atoms with van der Waals surface area (Å²) in [5.74, 6) is 1.76. The Bertz CT molecular complexity index is 832. The van der Waals surface area contributed by atoms with Gasteiger partial charge in [0.2, 0.25) is 0 Å². The van der Waals surface area contributed by atoms with Gasteiger partial charge in [0, 0.05) is 24.4 Å². The maximum Gasteiger partial charge on any atom is 0.194 e. The molecule has 3 rings (SSSR count). The van der Waals surface area contributed by atoms with Gasteiger partial charge >= 0.3 is 0 Å². The average molecular weight is 342 g/mol. The van der Waals surface area contributed by atoms with Crippen LogP contribution in [0.25, 0.3) is 11.0 Å². The van der Waals surface area contributed by atoms with Crippen LogP contribution in [-0.2, 0) is 13.1 Å². The second-order valence-corrected chi connectivity index (χ2v) is 7.04. The predicted molar refractivity (Wildman–Crippen MR) is 99.5 cm³/mol. The molecule has 1 aromatic carbocycles. The Morgan fingerprint density at radius 2 is 2.12 bits per heavy atom. The number of aliphatic imine (C=N–C) groups is 1. The lowest BCUT2D eigenvalue weighted by Crippen LogP contribution is -2.37. The molecule has 3 aromatic rings. The molecule has 5 nitrogen and oxygen atoms in total. The highest BCUT2D eigenvalue weighted by atomic mass is 32.1. The average Bonchev–Trinajstić information content (AvgIpc) is 3.09. The van der Waals surface area contributed by atoms with E-state index < -0.39 is 0 Å². The van der Waals surface area contributed by atoms with Gasteiger partial charge in [0.1, 0.15) is 11.3 Å². The molecule has 0 aliphatic carbocycles. The van der Waals surface area contributed by atoms with Crippen molar-refractivity contribution in [3.63, 3.8) is 0 Å². The number of aromatic nitrogens is 1. The SMILES string of the molecule is CN=C(NCc1sc(C)nc1C)N(C)Cc1cc2ccccc2o1. The third kappa shape index (κ3) is 3.59. The standard InChI is InChI=1S/C18H22N4OS/c1-12-17(24-13(2)21-12)10-20-18(19-3)22(4)11-15-9-14-7-5-6-8-16(14)23-15/h5-9H,10-11H2,1-4H3,(H,19,20). The van der Waals surface area contributed by atoms with Crippen molar-refractivity contribution in [1.82, 2.24) is 15.2 Å². The Morgan fingerprint density at radius 3 is 2.79 bits per heavy atom. The first kappa shape index (κ1) is 16.5. The van der Waals surface area contributed by atoms with Crippen LogP contribution in [0.1, 0.15) is 21.3 Å². The lowest BCUT2D eigenvalue weighted by molar-refractivity contribution is 0.412. The zero-order valence-electron chi connectivity index (χ0n) is 14.5. The Morgan fingerprint density at radius 1 is 1.33 bits per heavy atom. The summed E-state index contributed by atoms with van der Waals surface area (Å²) in [6.07, 6.45) is 0. The van der Waals surface area contributed by atoms with E-state index in [-0.39, 0.29) is 0 Å². The Hall–Kier alpha value is -2.34. The number of para-hydroxylation sites is 1. The van der Waals surface area contributed by atoms with Crippen molar-refractivity contribution in [3.8, 4) is 0 Å². The summed E-state index contributed by atoms with van der Waals surface area (Å²) in [6, 6.07) is 10.1. The van der Waals surface area contributed by atoms with E-state index in [9.17, 15) is 0 Å². The number of thiazole rings is 1. The number of aryl methyl sites for hydroxylation is 2. The molecule has 0 saturated heterocycles. The van der Waals surface area contributed by atoms with E-state index in [1.165, 1.54) is 4.88 Å². The van der Waals surface area contributed by atoms with Crippen LogP contribution < -0.4 is 5.32 Å². The fourth-order valence-corrected chi connectivity index (χ4v) is 3.58. The van der Waals surface area contributed by atoms with Gasteiger partial charge in [-0.25, -0.2) is 4.98 Å². The molecule has 1 N–H and O–H groups in total. The topological polar surface area (TPSA) is 53.7 Å². The zero-order chi connectivity index (χ0) is 17.1. The molecule has 2 aromatic heterocycles. The van der Waals surface area contributed by atoms with Crippen LogP contribution in [-0.4, -0.2) is 29.9 Å². The Labute approximate surface area is 146 Å². The molecule has 0 aliphatic heterocycles. The molecule has 24 heavy (non-hydrogen) atoms. The predicted octanol–water partition coefficient (Wildman–Crippen LogP) is 3.71. The third-order valence-electron chi connectivity index (χ3n) is 3.85. The number of nitrogens with zero attached hydrogens (tertiary/aromatic N) is 3. The van der Waals surface area contributed by atoms with Crippen LogP contribution in [0.5, 0.6) is 0 Å². The monoisotopic (exact) mass is 342 g/mol. The fraction of sp³-hybridized carbons (Fsp3) is 0.333. The lowest BCUT2D eigenvalue weighted by Gasteiger charge is -2.20. The molecule has 0 atom stereocenters. The van der Waals surface area contributed by atoms with Crippen molar-refractivity contribution >= 4 is 28.3 Å². The molecule has 0 radical (unpaired) electrons. The summed E-state index contributed by atoms with van der Waals surface area (Å²) in [5, 5.41) is 5.62. The largest absolute Gasteiger partial charge is 0.459 e. The van der Waals surface area contributed by atoms with Crippen molar-refractivity contribution in [2.24, 2.45) is 4.99 Å². The van der Waals surface area contributed by atoms with E-state index in [1.54, 1.807) is 18.4 Å². The zero-order valence-corrected chi connectivity index (χ0v) is 15.3. The highest BCUT2D eigenvalue weighted by molar-refractivity contribution is 7.11. The Kier molecular flexibility index (Phi) is 4.85. The van der Waals surface area contributed by atoms with Gasteiger partial charge < -0.3 is 14.6 Å². The van der Waals surface area contributed by atoms with E-state index in [2.05, 4.69) is 32.3 Å². The first-order valence-electron chi connectivity index (χ1n) is 7.89. The van der Waals surface area contributed by atoms with Crippen molar-refractivity contribution < 1.29 is 4.42 Å². The Balaban J connectivity index is 1.65. The van der Waals surface area contributed by atoms with Gasteiger partial charge in [0.15, 0.2) is 5.96 Å². The minimum atomic E-state index is 0.662. The molecule has 126 valence electrons. The molecular formula is C18H22N4OS. The van der Waals surface area contributed by atoms with Crippen LogP contribution in [0.15, 0.2) is 39.7 Å². The van der Waals surface area contributed by atoms with Crippen LogP contribution in [0.2, 0.25) is 0 Å². The summed E-state index contributed by atoms with van der Waals surface area (Å²) in [7, 11) is 3.80. The summed E-state index contributed by atoms with van der Waals surface area (Å²) >= 11 is 1.72. The molecule has 2 heterocycles. The summed E-state index contributed by atoms with van der Waals surface area (Å²) in [6.45, 7) is 5.47. The molecule has 0 unspecified atom stereocenters. The molecule has 6 heteroatoms. The minimum Gasteiger partial charge on any atom is -0.459 e. The number of furan rings is 1. The quantitative estimate of drug-likeness (QED) is 0.580. The number of nitrogens with one attached hydrogen (secondary N) is 1. The fourth-order valence-electron chi connectivity index (χ4n) is 2.70. The van der Waals surface area contributed by atoms with Crippen LogP contribution in [0.3, 0.4) is 0 Å². The van der Waals surface area contributed by atoms with E-state index in [1.807, 2.05) is 39.1 Å². The van der Waals surface area contributed by atoms with E-state index in [4.69, 9.17) is 4.42 Å². The molecule has 0 bridgehead atoms. The van der Waals surface area contributed by atoms with Gasteiger partial charge in [-0.1, -0.05) is 18.2 Å². The summed E-state index contributed by atoms with van der Waals surface area (Å²) < 4.78 is 5.89. The first-order valence-corrected chi connectivity index (χ1v) is 8.70. The molecule has 0 amide bonds. The number of benzene rings is 1. The maximum atomic E-state index is 5.89. The molecular weight excluding hydrogens is 320 g/mol. The van der Waals surface area contributed by atoms with Crippen molar-refractivity contribution in [2.45, 2.75) is 26.9 Å². The third-order valence-corrected chi connectivity index (χ3v) is 4.92. The van der Waals surface area contributed by atoms with Gasteiger partial charge in [-0.05, 0) is 26.0 Å². The second-order valence-electron chi connectivity index (χ2n) is 5.75. The highest BCUT2D eigenvalue weighted by Crippen LogP contribution is 2.20. The first-order chi connectivity index (χ1) is 11.6. The molecule has 0 fully saturated rings. The van der Waals surface area contributed by atoms with Gasteiger partial charge in [0.05, 0.1) is 23.8 Å². The number of rotatable bonds is 4.